The van der Waals surface area contributed by atoms with Crippen LogP contribution in [0.15, 0.2) is 11.1 Å². The molecule has 84 valence electrons. The Balaban J connectivity index is 2.44. The van der Waals surface area contributed by atoms with E-state index in [-0.39, 0.29) is 10.9 Å². The maximum Gasteiger partial charge on any atom is 0.273 e. The van der Waals surface area contributed by atoms with Gasteiger partial charge in [-0.1, -0.05) is 25.4 Å². The molecule has 0 saturated carbocycles. The highest BCUT2D eigenvalue weighted by molar-refractivity contribution is 6.31. The van der Waals surface area contributed by atoms with E-state index in [0.29, 0.717) is 19.2 Å². The lowest BCUT2D eigenvalue weighted by Gasteiger charge is -2.09. The molecule has 5 nitrogen and oxygen atoms in total. The molecular weight excluding hydrogens is 218 g/mol. The standard InChI is InChI=1S/C9H14ClN3O2/c1-6(2)11-3-4-15-9-7(10)8(14)12-5-13-9/h5-6,11H,3-4H2,1-2H3,(H,12,13,14). The second kappa shape index (κ2) is 5.72. The molecule has 2 N–H and O–H groups in total. The summed E-state index contributed by atoms with van der Waals surface area (Å²) in [6.07, 6.45) is 1.26. The lowest BCUT2D eigenvalue weighted by atomic mass is 10.4. The minimum Gasteiger partial charge on any atom is -0.475 e. The Kier molecular flexibility index (Phi) is 4.58. The van der Waals surface area contributed by atoms with Crippen LogP contribution in [0.2, 0.25) is 5.02 Å². The number of halogens is 1. The number of rotatable bonds is 5. The average Bonchev–Trinajstić information content (AvgIpc) is 2.18. The van der Waals surface area contributed by atoms with Crippen molar-refractivity contribution in [3.63, 3.8) is 0 Å². The molecule has 0 spiro atoms. The zero-order valence-corrected chi connectivity index (χ0v) is 9.47. The molecule has 0 aliphatic heterocycles. The highest BCUT2D eigenvalue weighted by Gasteiger charge is 2.06. The molecule has 0 aliphatic rings. The van der Waals surface area contributed by atoms with Crippen molar-refractivity contribution in [1.82, 2.24) is 15.3 Å². The zero-order chi connectivity index (χ0) is 11.3. The zero-order valence-electron chi connectivity index (χ0n) is 8.71. The first-order valence-corrected chi connectivity index (χ1v) is 5.08. The lowest BCUT2D eigenvalue weighted by Crippen LogP contribution is -2.28. The maximum atomic E-state index is 11.1. The summed E-state index contributed by atoms with van der Waals surface area (Å²) in [6.45, 7) is 5.19. The molecule has 0 bridgehead atoms. The third-order valence-corrected chi connectivity index (χ3v) is 1.99. The number of aromatic nitrogens is 2. The van der Waals surface area contributed by atoms with E-state index in [2.05, 4.69) is 15.3 Å². The monoisotopic (exact) mass is 231 g/mol. The van der Waals surface area contributed by atoms with E-state index in [4.69, 9.17) is 16.3 Å². The largest absolute Gasteiger partial charge is 0.475 e. The van der Waals surface area contributed by atoms with Crippen molar-refractivity contribution >= 4 is 11.6 Å². The Hall–Kier alpha value is -1.07. The molecule has 1 aromatic rings. The fraction of sp³-hybridized carbons (Fsp3) is 0.556. The number of hydrogen-bond donors (Lipinski definition) is 2. The number of aromatic amines is 1. The molecular formula is C9H14ClN3O2. The fourth-order valence-electron chi connectivity index (χ4n) is 0.963. The van der Waals surface area contributed by atoms with Crippen molar-refractivity contribution in [3.05, 3.63) is 21.7 Å². The van der Waals surface area contributed by atoms with Crippen LogP contribution in [0.3, 0.4) is 0 Å². The van der Waals surface area contributed by atoms with Crippen LogP contribution in [0.25, 0.3) is 0 Å². The summed E-state index contributed by atoms with van der Waals surface area (Å²) in [7, 11) is 0. The van der Waals surface area contributed by atoms with Gasteiger partial charge < -0.3 is 15.0 Å². The molecule has 0 aromatic carbocycles. The van der Waals surface area contributed by atoms with Gasteiger partial charge in [0.2, 0.25) is 5.88 Å². The van der Waals surface area contributed by atoms with Gasteiger partial charge in [-0.3, -0.25) is 4.79 Å². The molecule has 6 heteroatoms. The van der Waals surface area contributed by atoms with Crippen LogP contribution in [0, 0.1) is 0 Å². The Morgan fingerprint density at radius 1 is 1.67 bits per heavy atom. The van der Waals surface area contributed by atoms with Crippen molar-refractivity contribution in [2.45, 2.75) is 19.9 Å². The summed E-state index contributed by atoms with van der Waals surface area (Å²) < 4.78 is 5.24. The van der Waals surface area contributed by atoms with Gasteiger partial charge in [0, 0.05) is 12.6 Å². The van der Waals surface area contributed by atoms with Crippen molar-refractivity contribution < 1.29 is 4.74 Å². The predicted octanol–water partition coefficient (Wildman–Crippen LogP) is 0.800. The van der Waals surface area contributed by atoms with Gasteiger partial charge in [0.15, 0.2) is 5.02 Å². The fourth-order valence-corrected chi connectivity index (χ4v) is 1.12. The summed E-state index contributed by atoms with van der Waals surface area (Å²) in [4.78, 5) is 17.2. The van der Waals surface area contributed by atoms with Crippen LogP contribution in [0.4, 0.5) is 0 Å². The van der Waals surface area contributed by atoms with Gasteiger partial charge >= 0.3 is 0 Å². The molecule has 0 atom stereocenters. The smallest absolute Gasteiger partial charge is 0.273 e. The number of hydrogen-bond acceptors (Lipinski definition) is 4. The quantitative estimate of drug-likeness (QED) is 0.736. The van der Waals surface area contributed by atoms with Crippen LogP contribution in [0.1, 0.15) is 13.8 Å². The van der Waals surface area contributed by atoms with E-state index in [9.17, 15) is 4.79 Å². The topological polar surface area (TPSA) is 67.0 Å². The summed E-state index contributed by atoms with van der Waals surface area (Å²) in [5.74, 6) is 0.172. The maximum absolute atomic E-state index is 11.1. The Bertz CT molecular complexity index is 365. The Morgan fingerprint density at radius 2 is 2.40 bits per heavy atom. The minimum atomic E-state index is -0.390. The molecule has 0 unspecified atom stereocenters. The molecule has 0 saturated heterocycles. The molecule has 15 heavy (non-hydrogen) atoms. The van der Waals surface area contributed by atoms with Crippen molar-refractivity contribution in [3.8, 4) is 5.88 Å². The van der Waals surface area contributed by atoms with Crippen LogP contribution >= 0.6 is 11.6 Å². The van der Waals surface area contributed by atoms with Gasteiger partial charge in [-0.05, 0) is 0 Å². The highest BCUT2D eigenvalue weighted by atomic mass is 35.5. The van der Waals surface area contributed by atoms with Crippen molar-refractivity contribution in [2.75, 3.05) is 13.2 Å². The average molecular weight is 232 g/mol. The van der Waals surface area contributed by atoms with E-state index < -0.39 is 5.56 Å². The minimum absolute atomic E-state index is 0.0120. The molecule has 0 fully saturated rings. The third kappa shape index (κ3) is 3.89. The first-order valence-electron chi connectivity index (χ1n) is 4.70. The lowest BCUT2D eigenvalue weighted by molar-refractivity contribution is 0.297. The summed E-state index contributed by atoms with van der Waals surface area (Å²) in [5.41, 5.74) is -0.390. The first kappa shape index (κ1) is 12.0. The first-order chi connectivity index (χ1) is 7.11. The van der Waals surface area contributed by atoms with Crippen LogP contribution in [-0.4, -0.2) is 29.2 Å². The molecule has 1 heterocycles. The second-order valence-electron chi connectivity index (χ2n) is 3.31. The van der Waals surface area contributed by atoms with Gasteiger partial charge in [-0.15, -0.1) is 0 Å². The van der Waals surface area contributed by atoms with Crippen molar-refractivity contribution in [2.24, 2.45) is 0 Å². The number of H-pyrrole nitrogens is 1. The van der Waals surface area contributed by atoms with Gasteiger partial charge in [-0.25, -0.2) is 4.98 Å². The molecule has 1 aromatic heterocycles. The Morgan fingerprint density at radius 3 is 3.07 bits per heavy atom. The summed E-state index contributed by atoms with van der Waals surface area (Å²) in [5, 5.41) is 3.16. The van der Waals surface area contributed by atoms with Crippen molar-refractivity contribution in [1.29, 1.82) is 0 Å². The number of ether oxygens (including phenoxy) is 1. The van der Waals surface area contributed by atoms with E-state index in [1.165, 1.54) is 6.33 Å². The van der Waals surface area contributed by atoms with Crippen LogP contribution in [-0.2, 0) is 0 Å². The van der Waals surface area contributed by atoms with Gasteiger partial charge in [0.25, 0.3) is 5.56 Å². The van der Waals surface area contributed by atoms with Gasteiger partial charge in [-0.2, -0.15) is 0 Å². The second-order valence-corrected chi connectivity index (χ2v) is 3.69. The van der Waals surface area contributed by atoms with E-state index >= 15 is 0 Å². The van der Waals surface area contributed by atoms with E-state index in [1.807, 2.05) is 13.8 Å². The van der Waals surface area contributed by atoms with Gasteiger partial charge in [0.05, 0.1) is 6.33 Å². The molecule has 0 aliphatic carbocycles. The number of nitrogens with zero attached hydrogens (tertiary/aromatic N) is 1. The van der Waals surface area contributed by atoms with E-state index in [1.54, 1.807) is 0 Å². The molecule has 0 radical (unpaired) electrons. The number of nitrogens with one attached hydrogen (secondary N) is 2. The van der Waals surface area contributed by atoms with Gasteiger partial charge in [0.1, 0.15) is 6.61 Å². The molecule has 0 amide bonds. The third-order valence-electron chi connectivity index (χ3n) is 1.66. The summed E-state index contributed by atoms with van der Waals surface area (Å²) >= 11 is 5.68. The normalized spacial score (nSPS) is 10.7. The SMILES string of the molecule is CC(C)NCCOc1nc[nH]c(=O)c1Cl. The summed E-state index contributed by atoms with van der Waals surface area (Å²) in [6, 6.07) is 0.399. The van der Waals surface area contributed by atoms with E-state index in [0.717, 1.165) is 0 Å². The highest BCUT2D eigenvalue weighted by Crippen LogP contribution is 2.14. The predicted molar refractivity (Wildman–Crippen MR) is 58.5 cm³/mol. The Labute approximate surface area is 92.8 Å². The van der Waals surface area contributed by atoms with Crippen LogP contribution in [0.5, 0.6) is 5.88 Å². The molecule has 1 rings (SSSR count). The van der Waals surface area contributed by atoms with Crippen LogP contribution < -0.4 is 15.6 Å².